The Bertz CT molecular complexity index is 1020. The van der Waals surface area contributed by atoms with E-state index >= 15 is 0 Å². The number of thioether (sulfide) groups is 1. The zero-order chi connectivity index (χ0) is 19.6. The number of non-ortho nitro benzene ring substituents is 1. The molecule has 27 heavy (non-hydrogen) atoms. The van der Waals surface area contributed by atoms with Gasteiger partial charge in [-0.1, -0.05) is 23.9 Å². The molecule has 7 nitrogen and oxygen atoms in total. The summed E-state index contributed by atoms with van der Waals surface area (Å²) in [6.07, 6.45) is 1.46. The van der Waals surface area contributed by atoms with E-state index in [9.17, 15) is 14.9 Å². The minimum absolute atomic E-state index is 0.0183. The Labute approximate surface area is 163 Å². The Morgan fingerprint density at radius 1 is 1.37 bits per heavy atom. The molecule has 0 saturated carbocycles. The van der Waals surface area contributed by atoms with Crippen molar-refractivity contribution in [1.29, 1.82) is 0 Å². The summed E-state index contributed by atoms with van der Waals surface area (Å²) in [5, 5.41) is 14.4. The van der Waals surface area contributed by atoms with Crippen LogP contribution < -0.4 is 0 Å². The van der Waals surface area contributed by atoms with Crippen LogP contribution in [0.1, 0.15) is 20.8 Å². The van der Waals surface area contributed by atoms with Crippen LogP contribution >= 0.6 is 23.1 Å². The molecule has 0 bridgehead atoms. The molecule has 3 rings (SSSR count). The van der Waals surface area contributed by atoms with Crippen molar-refractivity contribution in [3.05, 3.63) is 46.1 Å². The highest BCUT2D eigenvalue weighted by Crippen LogP contribution is 2.42. The highest BCUT2D eigenvalue weighted by molar-refractivity contribution is 8.01. The van der Waals surface area contributed by atoms with Crippen LogP contribution in [0.5, 0.6) is 0 Å². The smallest absolute Gasteiger partial charge is 0.322 e. The quantitative estimate of drug-likeness (QED) is 0.193. The number of nitrogens with zero attached hydrogens (tertiary/aromatic N) is 3. The summed E-state index contributed by atoms with van der Waals surface area (Å²) in [5.74, 6) is -0.325. The molecule has 0 aliphatic rings. The van der Waals surface area contributed by atoms with Gasteiger partial charge in [0.15, 0.2) is 0 Å². The van der Waals surface area contributed by atoms with E-state index < -0.39 is 9.67 Å². The van der Waals surface area contributed by atoms with Gasteiger partial charge in [0.05, 0.1) is 16.9 Å². The number of nitro benzene ring substituents is 1. The van der Waals surface area contributed by atoms with E-state index in [0.29, 0.717) is 17.2 Å². The lowest BCUT2D eigenvalue weighted by molar-refractivity contribution is -0.384. The molecule has 0 amide bonds. The van der Waals surface area contributed by atoms with E-state index in [0.717, 1.165) is 15.8 Å². The van der Waals surface area contributed by atoms with Crippen molar-refractivity contribution in [2.45, 2.75) is 30.5 Å². The Hall–Kier alpha value is -2.52. The third-order valence-electron chi connectivity index (χ3n) is 3.82. The first-order chi connectivity index (χ1) is 12.8. The molecule has 1 aromatic carbocycles. The molecule has 2 heterocycles. The molecule has 0 radical (unpaired) electrons. The lowest BCUT2D eigenvalue weighted by Crippen LogP contribution is -2.30. The summed E-state index contributed by atoms with van der Waals surface area (Å²) in [6, 6.07) is 6.44. The van der Waals surface area contributed by atoms with Crippen molar-refractivity contribution in [1.82, 2.24) is 9.97 Å². The number of nitro groups is 1. The van der Waals surface area contributed by atoms with E-state index in [2.05, 4.69) is 9.97 Å². The molecule has 0 N–H and O–H groups in total. The van der Waals surface area contributed by atoms with E-state index in [1.807, 2.05) is 11.4 Å². The first-order valence-corrected chi connectivity index (χ1v) is 9.86. The van der Waals surface area contributed by atoms with Gasteiger partial charge in [-0.05, 0) is 26.3 Å². The van der Waals surface area contributed by atoms with Crippen LogP contribution in [0.3, 0.4) is 0 Å². The molecule has 0 saturated heterocycles. The van der Waals surface area contributed by atoms with Crippen molar-refractivity contribution in [3.8, 4) is 11.1 Å². The molecule has 2 aromatic heterocycles. The third kappa shape index (κ3) is 3.93. The van der Waals surface area contributed by atoms with E-state index in [4.69, 9.17) is 4.74 Å². The molecule has 0 aliphatic heterocycles. The number of hydrogen-bond acceptors (Lipinski definition) is 8. The van der Waals surface area contributed by atoms with Crippen LogP contribution in [-0.4, -0.2) is 32.2 Å². The van der Waals surface area contributed by atoms with Crippen LogP contribution in [-0.2, 0) is 9.53 Å². The van der Waals surface area contributed by atoms with Gasteiger partial charge >= 0.3 is 5.97 Å². The van der Waals surface area contributed by atoms with Gasteiger partial charge in [-0.2, -0.15) is 0 Å². The summed E-state index contributed by atoms with van der Waals surface area (Å²) >= 11 is 2.73. The zero-order valence-corrected chi connectivity index (χ0v) is 16.6. The molecule has 0 unspecified atom stereocenters. The fourth-order valence-electron chi connectivity index (χ4n) is 2.51. The second kappa shape index (κ2) is 7.61. The second-order valence-corrected chi connectivity index (χ2v) is 8.62. The lowest BCUT2D eigenvalue weighted by atomic mass is 10.1. The number of fused-ring (bicyclic) bond motifs is 1. The monoisotopic (exact) mass is 403 g/mol. The van der Waals surface area contributed by atoms with Crippen LogP contribution in [0.2, 0.25) is 0 Å². The molecule has 0 atom stereocenters. The predicted octanol–water partition coefficient (Wildman–Crippen LogP) is 4.70. The number of esters is 1. The molecule has 0 fully saturated rings. The Morgan fingerprint density at radius 2 is 2.15 bits per heavy atom. The summed E-state index contributed by atoms with van der Waals surface area (Å²) < 4.78 is 4.32. The molecule has 140 valence electrons. The van der Waals surface area contributed by atoms with Gasteiger partial charge in [-0.25, -0.2) is 9.97 Å². The van der Waals surface area contributed by atoms with Gasteiger partial charge in [0, 0.05) is 23.1 Å². The summed E-state index contributed by atoms with van der Waals surface area (Å²) in [6.45, 7) is 5.63. The van der Waals surface area contributed by atoms with Crippen LogP contribution in [0.25, 0.3) is 21.3 Å². The van der Waals surface area contributed by atoms with Gasteiger partial charge in [0.25, 0.3) is 5.69 Å². The molecule has 9 heteroatoms. The standard InChI is InChI=1S/C18H17N3O4S2/c1-4-25-17(22)18(2,3)27-16-14-13(9-26-15(14)19-10-20-16)11-6-5-7-12(8-11)21(23)24/h5-10H,4H2,1-3H3. The fraction of sp³-hybridized carbons (Fsp3) is 0.278. The maximum absolute atomic E-state index is 12.3. The minimum Gasteiger partial charge on any atom is -0.465 e. The first kappa shape index (κ1) is 19.2. The molecule has 0 aliphatic carbocycles. The maximum Gasteiger partial charge on any atom is 0.322 e. The van der Waals surface area contributed by atoms with Crippen LogP contribution in [0, 0.1) is 10.1 Å². The van der Waals surface area contributed by atoms with E-state index in [1.165, 1.54) is 41.6 Å². The Balaban J connectivity index is 2.09. The lowest BCUT2D eigenvalue weighted by Gasteiger charge is -2.21. The van der Waals surface area contributed by atoms with Crippen molar-refractivity contribution in [2.75, 3.05) is 6.61 Å². The summed E-state index contributed by atoms with van der Waals surface area (Å²) in [5.41, 5.74) is 1.53. The van der Waals surface area contributed by atoms with E-state index in [-0.39, 0.29) is 11.7 Å². The highest BCUT2D eigenvalue weighted by atomic mass is 32.2. The highest BCUT2D eigenvalue weighted by Gasteiger charge is 2.32. The Kier molecular flexibility index (Phi) is 5.43. The normalized spacial score (nSPS) is 11.5. The molecule has 0 spiro atoms. The van der Waals surface area contributed by atoms with Crippen molar-refractivity contribution < 1.29 is 14.5 Å². The van der Waals surface area contributed by atoms with Crippen molar-refractivity contribution in [3.63, 3.8) is 0 Å². The van der Waals surface area contributed by atoms with Crippen LogP contribution in [0.4, 0.5) is 5.69 Å². The van der Waals surface area contributed by atoms with Crippen molar-refractivity contribution >= 4 is 45.0 Å². The number of ether oxygens (including phenoxy) is 1. The second-order valence-electron chi connectivity index (χ2n) is 6.15. The summed E-state index contributed by atoms with van der Waals surface area (Å²) in [7, 11) is 0. The zero-order valence-electron chi connectivity index (χ0n) is 15.0. The van der Waals surface area contributed by atoms with Gasteiger partial charge in [0.1, 0.15) is 20.9 Å². The number of aromatic nitrogens is 2. The molecular formula is C18H17N3O4S2. The summed E-state index contributed by atoms with van der Waals surface area (Å²) in [4.78, 5) is 32.4. The van der Waals surface area contributed by atoms with Gasteiger partial charge in [-0.15, -0.1) is 11.3 Å². The number of benzene rings is 1. The van der Waals surface area contributed by atoms with Gasteiger partial charge in [0.2, 0.25) is 0 Å². The fourth-order valence-corrected chi connectivity index (χ4v) is 4.53. The van der Waals surface area contributed by atoms with Gasteiger partial charge in [-0.3, -0.25) is 14.9 Å². The SMILES string of the molecule is CCOC(=O)C(C)(C)Sc1ncnc2scc(-c3cccc([N+](=O)[O-])c3)c12. The minimum atomic E-state index is -0.834. The number of hydrogen-bond donors (Lipinski definition) is 0. The van der Waals surface area contributed by atoms with Crippen LogP contribution in [0.15, 0.2) is 41.0 Å². The first-order valence-electron chi connectivity index (χ1n) is 8.16. The maximum atomic E-state index is 12.3. The Morgan fingerprint density at radius 3 is 2.85 bits per heavy atom. The number of carbonyl (C=O) groups is 1. The number of carbonyl (C=O) groups excluding carboxylic acids is 1. The molecular weight excluding hydrogens is 386 g/mol. The average molecular weight is 403 g/mol. The number of thiophene rings is 1. The average Bonchev–Trinajstić information content (AvgIpc) is 3.07. The van der Waals surface area contributed by atoms with Gasteiger partial charge < -0.3 is 4.74 Å². The number of rotatable bonds is 6. The largest absolute Gasteiger partial charge is 0.465 e. The topological polar surface area (TPSA) is 95.2 Å². The van der Waals surface area contributed by atoms with Crippen molar-refractivity contribution in [2.24, 2.45) is 0 Å². The third-order valence-corrected chi connectivity index (χ3v) is 5.89. The van der Waals surface area contributed by atoms with E-state index in [1.54, 1.807) is 26.8 Å². The molecule has 3 aromatic rings. The predicted molar refractivity (Wildman–Crippen MR) is 106 cm³/mol.